The Morgan fingerprint density at radius 2 is 1.89 bits per heavy atom. The minimum Gasteiger partial charge on any atom is -0.337 e. The molecule has 0 atom stereocenters. The van der Waals surface area contributed by atoms with Crippen LogP contribution in [0.4, 0.5) is 11.4 Å². The number of amides is 1. The Kier molecular flexibility index (Phi) is 5.89. The molecule has 1 amide bonds. The third-order valence-electron chi connectivity index (χ3n) is 3.89. The maximum atomic E-state index is 12.6. The van der Waals surface area contributed by atoms with Gasteiger partial charge >= 0.3 is 0 Å². The van der Waals surface area contributed by atoms with E-state index in [2.05, 4.69) is 11.4 Å². The molecular weight excluding hydrogens is 378 g/mol. The summed E-state index contributed by atoms with van der Waals surface area (Å²) in [4.78, 5) is 27.5. The number of hydrogen-bond donors (Lipinski definition) is 1. The quantitative estimate of drug-likeness (QED) is 0.463. The van der Waals surface area contributed by atoms with Crippen LogP contribution in [0.2, 0.25) is 0 Å². The van der Waals surface area contributed by atoms with Crippen molar-refractivity contribution in [3.05, 3.63) is 59.1 Å². The van der Waals surface area contributed by atoms with Crippen molar-refractivity contribution in [1.82, 2.24) is 0 Å². The molecule has 2 aromatic rings. The smallest absolute Gasteiger partial charge is 0.221 e. The van der Waals surface area contributed by atoms with Gasteiger partial charge in [-0.3, -0.25) is 9.59 Å². The van der Waals surface area contributed by atoms with E-state index in [1.54, 1.807) is 12.1 Å². The summed E-state index contributed by atoms with van der Waals surface area (Å²) >= 11 is 2.82. The van der Waals surface area contributed by atoms with Gasteiger partial charge in [-0.05, 0) is 36.4 Å². The third kappa shape index (κ3) is 4.35. The monoisotopic (exact) mass is 395 g/mol. The second kappa shape index (κ2) is 8.33. The first-order valence-electron chi connectivity index (χ1n) is 8.18. The lowest BCUT2D eigenvalue weighted by Gasteiger charge is -2.14. The van der Waals surface area contributed by atoms with Gasteiger partial charge in [0.25, 0.3) is 0 Å². The summed E-state index contributed by atoms with van der Waals surface area (Å²) in [5.74, 6) is -0.151. The lowest BCUT2D eigenvalue weighted by atomic mass is 10.2. The molecule has 1 heterocycles. The van der Waals surface area contributed by atoms with Crippen LogP contribution in [-0.4, -0.2) is 24.5 Å². The van der Waals surface area contributed by atoms with Crippen LogP contribution >= 0.6 is 23.5 Å². The van der Waals surface area contributed by atoms with Gasteiger partial charge < -0.3 is 10.2 Å². The number of rotatable bonds is 5. The predicted molar refractivity (Wildman–Crippen MR) is 110 cm³/mol. The minimum atomic E-state index is -0.199. The van der Waals surface area contributed by atoms with Crippen molar-refractivity contribution in [2.24, 2.45) is 0 Å². The molecule has 136 valence electrons. The van der Waals surface area contributed by atoms with E-state index in [1.165, 1.54) is 30.4 Å². The number of allylic oxidation sites excluding steroid dienone is 1. The van der Waals surface area contributed by atoms with Gasteiger partial charge in [-0.2, -0.15) is 5.26 Å². The molecular formula is C20H17N3O2S2. The SMILES string of the molecule is CC(=O)Nc1ccc(SCC(=O)/C(C#N)=C2\Sc3ccccc3N2C)cc1. The highest BCUT2D eigenvalue weighted by Crippen LogP contribution is 2.46. The molecule has 0 saturated carbocycles. The van der Waals surface area contributed by atoms with E-state index in [0.29, 0.717) is 10.7 Å². The fourth-order valence-corrected chi connectivity index (χ4v) is 4.54. The molecule has 7 heteroatoms. The zero-order valence-electron chi connectivity index (χ0n) is 14.9. The first-order valence-corrected chi connectivity index (χ1v) is 9.98. The Bertz CT molecular complexity index is 962. The number of nitrogens with one attached hydrogen (secondary N) is 1. The van der Waals surface area contributed by atoms with Gasteiger partial charge in [-0.1, -0.05) is 23.9 Å². The number of Topliss-reactive ketones (excluding diaryl/α,β-unsaturated/α-hetero) is 1. The Hall–Kier alpha value is -2.69. The molecule has 0 saturated heterocycles. The van der Waals surface area contributed by atoms with Crippen molar-refractivity contribution >= 4 is 46.6 Å². The van der Waals surface area contributed by atoms with Crippen LogP contribution in [0.5, 0.6) is 0 Å². The maximum Gasteiger partial charge on any atom is 0.221 e. The van der Waals surface area contributed by atoms with Crippen LogP contribution < -0.4 is 10.2 Å². The molecule has 1 aliphatic rings. The summed E-state index contributed by atoms with van der Waals surface area (Å²) in [6.07, 6.45) is 0. The number of benzene rings is 2. The van der Waals surface area contributed by atoms with Gasteiger partial charge in [-0.25, -0.2) is 0 Å². The van der Waals surface area contributed by atoms with E-state index in [9.17, 15) is 14.9 Å². The van der Waals surface area contributed by atoms with Crippen LogP contribution in [0, 0.1) is 11.3 Å². The van der Waals surface area contributed by atoms with E-state index in [-0.39, 0.29) is 23.0 Å². The first kappa shape index (κ1) is 19.1. The number of ketones is 1. The minimum absolute atomic E-state index is 0.130. The van der Waals surface area contributed by atoms with E-state index in [0.717, 1.165) is 15.5 Å². The summed E-state index contributed by atoms with van der Waals surface area (Å²) in [5.41, 5.74) is 1.89. The van der Waals surface area contributed by atoms with Gasteiger partial charge in [0.15, 0.2) is 5.78 Å². The summed E-state index contributed by atoms with van der Waals surface area (Å²) in [6, 6.07) is 17.2. The second-order valence-corrected chi connectivity index (χ2v) is 7.92. The van der Waals surface area contributed by atoms with Crippen molar-refractivity contribution < 1.29 is 9.59 Å². The van der Waals surface area contributed by atoms with Crippen molar-refractivity contribution in [2.45, 2.75) is 16.7 Å². The molecule has 0 fully saturated rings. The number of carbonyl (C=O) groups excluding carboxylic acids is 2. The van der Waals surface area contributed by atoms with Crippen LogP contribution in [0.25, 0.3) is 0 Å². The number of anilines is 2. The number of thioether (sulfide) groups is 2. The van der Waals surface area contributed by atoms with Crippen LogP contribution in [0.1, 0.15) is 6.92 Å². The van der Waals surface area contributed by atoms with E-state index >= 15 is 0 Å². The van der Waals surface area contributed by atoms with Gasteiger partial charge in [0, 0.05) is 29.4 Å². The molecule has 0 aromatic heterocycles. The third-order valence-corrected chi connectivity index (χ3v) is 6.14. The normalized spacial score (nSPS) is 14.3. The molecule has 1 aliphatic heterocycles. The molecule has 5 nitrogen and oxygen atoms in total. The molecule has 0 spiro atoms. The first-order chi connectivity index (χ1) is 13.0. The highest BCUT2D eigenvalue weighted by atomic mass is 32.2. The van der Waals surface area contributed by atoms with Gasteiger partial charge in [0.2, 0.25) is 5.91 Å². The zero-order valence-corrected chi connectivity index (χ0v) is 16.5. The van der Waals surface area contributed by atoms with Crippen LogP contribution in [0.3, 0.4) is 0 Å². The number of para-hydroxylation sites is 1. The molecule has 3 rings (SSSR count). The van der Waals surface area contributed by atoms with E-state index < -0.39 is 0 Å². The van der Waals surface area contributed by atoms with Crippen LogP contribution in [-0.2, 0) is 9.59 Å². The molecule has 0 bridgehead atoms. The van der Waals surface area contributed by atoms with Crippen molar-refractivity contribution in [2.75, 3.05) is 23.0 Å². The predicted octanol–water partition coefficient (Wildman–Crippen LogP) is 4.28. The number of nitrogens with zero attached hydrogens (tertiary/aromatic N) is 2. The Labute approximate surface area is 166 Å². The van der Waals surface area contributed by atoms with Gasteiger partial charge in [-0.15, -0.1) is 11.8 Å². The van der Waals surface area contributed by atoms with E-state index in [1.807, 2.05) is 48.3 Å². The Morgan fingerprint density at radius 1 is 1.19 bits per heavy atom. The highest BCUT2D eigenvalue weighted by Gasteiger charge is 2.27. The summed E-state index contributed by atoms with van der Waals surface area (Å²) in [6.45, 7) is 1.45. The average Bonchev–Trinajstić information content (AvgIpc) is 2.98. The molecule has 1 N–H and O–H groups in total. The topological polar surface area (TPSA) is 73.2 Å². The Morgan fingerprint density at radius 3 is 2.52 bits per heavy atom. The van der Waals surface area contributed by atoms with Gasteiger partial charge in [0.1, 0.15) is 16.7 Å². The van der Waals surface area contributed by atoms with Crippen LogP contribution in [0.15, 0.2) is 68.9 Å². The highest BCUT2D eigenvalue weighted by molar-refractivity contribution is 8.03. The fraction of sp³-hybridized carbons (Fsp3) is 0.150. The molecule has 0 aliphatic carbocycles. The molecule has 0 radical (unpaired) electrons. The lowest BCUT2D eigenvalue weighted by molar-refractivity contribution is -0.114. The molecule has 0 unspecified atom stereocenters. The number of carbonyl (C=O) groups is 2. The molecule has 2 aromatic carbocycles. The Balaban J connectivity index is 1.70. The summed E-state index contributed by atoms with van der Waals surface area (Å²) < 4.78 is 0. The number of hydrogen-bond acceptors (Lipinski definition) is 6. The summed E-state index contributed by atoms with van der Waals surface area (Å²) in [7, 11) is 1.87. The second-order valence-electron chi connectivity index (χ2n) is 5.84. The standard InChI is InChI=1S/C20H17N3O2S2/c1-13(24)22-14-7-9-15(10-8-14)26-12-18(25)16(11-21)20-23(2)17-5-3-4-6-19(17)27-20/h3-10H,12H2,1-2H3,(H,22,24)/b20-16-. The molecule has 27 heavy (non-hydrogen) atoms. The van der Waals surface area contributed by atoms with Crippen molar-refractivity contribution in [1.29, 1.82) is 5.26 Å². The fourth-order valence-electron chi connectivity index (χ4n) is 2.61. The number of fused-ring (bicyclic) bond motifs is 1. The number of nitriles is 1. The van der Waals surface area contributed by atoms with Crippen molar-refractivity contribution in [3.8, 4) is 6.07 Å². The van der Waals surface area contributed by atoms with Crippen molar-refractivity contribution in [3.63, 3.8) is 0 Å². The lowest BCUT2D eigenvalue weighted by Crippen LogP contribution is -2.16. The van der Waals surface area contributed by atoms with E-state index in [4.69, 9.17) is 0 Å². The average molecular weight is 396 g/mol. The largest absolute Gasteiger partial charge is 0.337 e. The van der Waals surface area contributed by atoms with Gasteiger partial charge in [0.05, 0.1) is 11.4 Å². The zero-order chi connectivity index (χ0) is 19.4. The maximum absolute atomic E-state index is 12.6. The summed E-state index contributed by atoms with van der Waals surface area (Å²) in [5, 5.41) is 12.9.